The molecule has 0 aliphatic heterocycles. The van der Waals surface area contributed by atoms with Crippen LogP contribution >= 0.6 is 11.6 Å². The molecule has 0 aromatic heterocycles. The molecule has 0 fully saturated rings. The van der Waals surface area contributed by atoms with Gasteiger partial charge >= 0.3 is 0 Å². The van der Waals surface area contributed by atoms with Crippen molar-refractivity contribution in [3.05, 3.63) is 58.6 Å². The number of phenols is 1. The SMILES string of the molecule is Cc1c(Cl)cccc1NC(=O)CCC(=O)N/N=C/c1cccc(O)c1. The molecule has 2 amide bonds. The molecule has 2 aromatic carbocycles. The highest BCUT2D eigenvalue weighted by molar-refractivity contribution is 6.31. The minimum Gasteiger partial charge on any atom is -0.508 e. The van der Waals surface area contributed by atoms with Crippen molar-refractivity contribution < 1.29 is 14.7 Å². The lowest BCUT2D eigenvalue weighted by Gasteiger charge is -2.09. The molecule has 130 valence electrons. The van der Waals surface area contributed by atoms with Crippen LogP contribution in [0.15, 0.2) is 47.6 Å². The highest BCUT2D eigenvalue weighted by atomic mass is 35.5. The summed E-state index contributed by atoms with van der Waals surface area (Å²) in [5, 5.41) is 16.4. The van der Waals surface area contributed by atoms with Gasteiger partial charge in [0.2, 0.25) is 11.8 Å². The summed E-state index contributed by atoms with van der Waals surface area (Å²) in [6, 6.07) is 11.7. The fourth-order valence-electron chi connectivity index (χ4n) is 2.02. The Labute approximate surface area is 150 Å². The van der Waals surface area contributed by atoms with E-state index in [-0.39, 0.29) is 30.4 Å². The molecule has 3 N–H and O–H groups in total. The van der Waals surface area contributed by atoms with Crippen molar-refractivity contribution in [2.24, 2.45) is 5.10 Å². The summed E-state index contributed by atoms with van der Waals surface area (Å²) >= 11 is 6.00. The summed E-state index contributed by atoms with van der Waals surface area (Å²) in [4.78, 5) is 23.6. The Bertz CT molecular complexity index is 806. The van der Waals surface area contributed by atoms with E-state index < -0.39 is 0 Å². The molecular weight excluding hydrogens is 342 g/mol. The molecule has 0 unspecified atom stereocenters. The van der Waals surface area contributed by atoms with Gasteiger partial charge in [0.1, 0.15) is 5.75 Å². The Morgan fingerprint density at radius 3 is 2.64 bits per heavy atom. The number of hydrogen-bond donors (Lipinski definition) is 3. The van der Waals surface area contributed by atoms with Gasteiger partial charge in [-0.3, -0.25) is 9.59 Å². The number of amides is 2. The topological polar surface area (TPSA) is 90.8 Å². The van der Waals surface area contributed by atoms with Crippen LogP contribution in [0.5, 0.6) is 5.75 Å². The third kappa shape index (κ3) is 5.93. The minimum atomic E-state index is -0.380. The summed E-state index contributed by atoms with van der Waals surface area (Å²) in [7, 11) is 0. The lowest BCUT2D eigenvalue weighted by Crippen LogP contribution is -2.20. The third-order valence-electron chi connectivity index (χ3n) is 3.39. The van der Waals surface area contributed by atoms with E-state index >= 15 is 0 Å². The fraction of sp³-hybridized carbons (Fsp3) is 0.167. The van der Waals surface area contributed by atoms with E-state index in [0.717, 1.165) is 5.56 Å². The Morgan fingerprint density at radius 1 is 1.16 bits per heavy atom. The first-order valence-electron chi connectivity index (χ1n) is 7.61. The largest absolute Gasteiger partial charge is 0.508 e. The molecule has 0 aliphatic rings. The Morgan fingerprint density at radius 2 is 1.88 bits per heavy atom. The number of benzene rings is 2. The fourth-order valence-corrected chi connectivity index (χ4v) is 2.20. The van der Waals surface area contributed by atoms with Crippen LogP contribution in [0.4, 0.5) is 5.69 Å². The molecule has 0 aliphatic carbocycles. The van der Waals surface area contributed by atoms with Crippen molar-refractivity contribution in [3.8, 4) is 5.75 Å². The van der Waals surface area contributed by atoms with E-state index in [0.29, 0.717) is 16.3 Å². The first kappa shape index (κ1) is 18.5. The molecular formula is C18H18ClN3O3. The summed E-state index contributed by atoms with van der Waals surface area (Å²) in [6.45, 7) is 1.81. The van der Waals surface area contributed by atoms with Crippen LogP contribution in [0.3, 0.4) is 0 Å². The molecule has 0 heterocycles. The van der Waals surface area contributed by atoms with Crippen molar-refractivity contribution in [2.75, 3.05) is 5.32 Å². The van der Waals surface area contributed by atoms with E-state index in [2.05, 4.69) is 15.8 Å². The van der Waals surface area contributed by atoms with Crippen LogP contribution in [-0.2, 0) is 9.59 Å². The van der Waals surface area contributed by atoms with Gasteiger partial charge in [-0.2, -0.15) is 5.10 Å². The molecule has 0 radical (unpaired) electrons. The van der Waals surface area contributed by atoms with Crippen molar-refractivity contribution in [3.63, 3.8) is 0 Å². The van der Waals surface area contributed by atoms with E-state index in [1.807, 2.05) is 0 Å². The van der Waals surface area contributed by atoms with Crippen molar-refractivity contribution >= 4 is 35.3 Å². The summed E-state index contributed by atoms with van der Waals surface area (Å²) < 4.78 is 0. The van der Waals surface area contributed by atoms with Gasteiger partial charge in [-0.25, -0.2) is 5.43 Å². The van der Waals surface area contributed by atoms with E-state index in [1.54, 1.807) is 37.3 Å². The van der Waals surface area contributed by atoms with E-state index in [9.17, 15) is 14.7 Å². The first-order valence-corrected chi connectivity index (χ1v) is 7.99. The number of carbonyl (C=O) groups excluding carboxylic acids is 2. The van der Waals surface area contributed by atoms with Gasteiger partial charge in [0.15, 0.2) is 0 Å². The highest BCUT2D eigenvalue weighted by Crippen LogP contribution is 2.23. The van der Waals surface area contributed by atoms with Crippen molar-refractivity contribution in [1.29, 1.82) is 0 Å². The number of rotatable bonds is 6. The van der Waals surface area contributed by atoms with Crippen molar-refractivity contribution in [2.45, 2.75) is 19.8 Å². The van der Waals surface area contributed by atoms with E-state index in [4.69, 9.17) is 11.6 Å². The second-order valence-electron chi connectivity index (χ2n) is 5.35. The first-order chi connectivity index (χ1) is 12.0. The average Bonchev–Trinajstić information content (AvgIpc) is 2.57. The van der Waals surface area contributed by atoms with E-state index in [1.165, 1.54) is 18.3 Å². The number of phenolic OH excluding ortho intramolecular Hbond substituents is 1. The number of hydrogen-bond acceptors (Lipinski definition) is 4. The second-order valence-corrected chi connectivity index (χ2v) is 5.76. The number of hydrazone groups is 1. The zero-order valence-corrected chi connectivity index (χ0v) is 14.4. The summed E-state index contributed by atoms with van der Waals surface area (Å²) in [5.41, 5.74) is 4.39. The van der Waals surface area contributed by atoms with Crippen LogP contribution in [0.1, 0.15) is 24.0 Å². The molecule has 7 heteroatoms. The van der Waals surface area contributed by atoms with Gasteiger partial charge in [-0.1, -0.05) is 29.8 Å². The van der Waals surface area contributed by atoms with Crippen LogP contribution in [0.2, 0.25) is 5.02 Å². The smallest absolute Gasteiger partial charge is 0.240 e. The molecule has 6 nitrogen and oxygen atoms in total. The highest BCUT2D eigenvalue weighted by Gasteiger charge is 2.09. The predicted molar refractivity (Wildman–Crippen MR) is 97.9 cm³/mol. The predicted octanol–water partition coefficient (Wildman–Crippen LogP) is 3.22. The lowest BCUT2D eigenvalue weighted by molar-refractivity contribution is -0.124. The molecule has 2 aromatic rings. The third-order valence-corrected chi connectivity index (χ3v) is 3.80. The molecule has 0 bridgehead atoms. The molecule has 2 rings (SSSR count). The Kier molecular flexibility index (Phi) is 6.54. The zero-order chi connectivity index (χ0) is 18.2. The average molecular weight is 360 g/mol. The van der Waals surface area contributed by atoms with Gasteiger partial charge in [0.25, 0.3) is 0 Å². The van der Waals surface area contributed by atoms with Gasteiger partial charge in [-0.15, -0.1) is 0 Å². The monoisotopic (exact) mass is 359 g/mol. The van der Waals surface area contributed by atoms with Gasteiger partial charge < -0.3 is 10.4 Å². The van der Waals surface area contributed by atoms with Crippen LogP contribution < -0.4 is 10.7 Å². The molecule has 0 saturated heterocycles. The van der Waals surface area contributed by atoms with Gasteiger partial charge in [0.05, 0.1) is 6.21 Å². The number of anilines is 1. The quantitative estimate of drug-likeness (QED) is 0.546. The standard InChI is InChI=1S/C18H18ClN3O3/c1-12-15(19)6-3-7-16(12)21-17(24)8-9-18(25)22-20-11-13-4-2-5-14(23)10-13/h2-7,10-11,23H,8-9H2,1H3,(H,21,24)(H,22,25)/b20-11+. The van der Waals surface area contributed by atoms with Gasteiger partial charge in [-0.05, 0) is 42.3 Å². The maximum Gasteiger partial charge on any atom is 0.240 e. The number of aromatic hydroxyl groups is 1. The van der Waals surface area contributed by atoms with Crippen LogP contribution in [0.25, 0.3) is 0 Å². The number of carbonyl (C=O) groups is 2. The summed E-state index contributed by atoms with van der Waals surface area (Å²) in [6.07, 6.45) is 1.44. The number of nitrogens with zero attached hydrogens (tertiary/aromatic N) is 1. The Hall–Kier alpha value is -2.86. The number of nitrogens with one attached hydrogen (secondary N) is 2. The normalized spacial score (nSPS) is 10.6. The second kappa shape index (κ2) is 8.84. The van der Waals surface area contributed by atoms with Crippen LogP contribution in [0, 0.1) is 6.92 Å². The number of halogens is 1. The maximum atomic E-state index is 11.9. The maximum absolute atomic E-state index is 11.9. The lowest BCUT2D eigenvalue weighted by atomic mass is 10.2. The zero-order valence-electron chi connectivity index (χ0n) is 13.6. The molecule has 25 heavy (non-hydrogen) atoms. The Balaban J connectivity index is 1.77. The molecule has 0 spiro atoms. The summed E-state index contributed by atoms with van der Waals surface area (Å²) in [5.74, 6) is -0.546. The molecule has 0 saturated carbocycles. The van der Waals surface area contributed by atoms with Crippen molar-refractivity contribution in [1.82, 2.24) is 5.43 Å². The van der Waals surface area contributed by atoms with Gasteiger partial charge in [0, 0.05) is 23.6 Å². The van der Waals surface area contributed by atoms with Crippen LogP contribution in [-0.4, -0.2) is 23.1 Å². The molecule has 0 atom stereocenters. The minimum absolute atomic E-state index is 0.00280.